The van der Waals surface area contributed by atoms with Crippen molar-refractivity contribution in [2.45, 2.75) is 16.2 Å². The van der Waals surface area contributed by atoms with Crippen LogP contribution in [0.2, 0.25) is 10.0 Å². The summed E-state index contributed by atoms with van der Waals surface area (Å²) < 4.78 is 39.9. The smallest absolute Gasteiger partial charge is 0.406 e. The summed E-state index contributed by atoms with van der Waals surface area (Å²) in [5.41, 5.74) is 0. The zero-order valence-electron chi connectivity index (χ0n) is 9.62. The van der Waals surface area contributed by atoms with E-state index in [-0.39, 0.29) is 5.75 Å². The lowest BCUT2D eigenvalue weighted by Gasteiger charge is -2.09. The third-order valence-corrected chi connectivity index (χ3v) is 4.04. The van der Waals surface area contributed by atoms with Gasteiger partial charge in [-0.05, 0) is 24.3 Å². The van der Waals surface area contributed by atoms with Gasteiger partial charge in [0.1, 0.15) is 5.75 Å². The molecule has 0 aliphatic rings. The molecule has 0 saturated carbocycles. The lowest BCUT2D eigenvalue weighted by Crippen LogP contribution is -2.16. The largest absolute Gasteiger partial charge is 0.573 e. The summed E-state index contributed by atoms with van der Waals surface area (Å²) in [6.45, 7) is 0. The molecule has 1 heterocycles. The highest BCUT2D eigenvalue weighted by molar-refractivity contribution is 7.99. The first kappa shape index (κ1) is 15.3. The van der Waals surface area contributed by atoms with Crippen molar-refractivity contribution in [1.29, 1.82) is 0 Å². The molecule has 0 atom stereocenters. The van der Waals surface area contributed by atoms with E-state index in [9.17, 15) is 13.2 Å². The molecule has 2 nitrogen and oxygen atoms in total. The van der Waals surface area contributed by atoms with Gasteiger partial charge in [-0.15, -0.1) is 13.2 Å². The van der Waals surface area contributed by atoms with E-state index in [2.05, 4.69) is 9.72 Å². The maximum absolute atomic E-state index is 12.0. The van der Waals surface area contributed by atoms with Crippen LogP contribution in [0.5, 0.6) is 5.75 Å². The van der Waals surface area contributed by atoms with Gasteiger partial charge < -0.3 is 4.74 Å². The lowest BCUT2D eigenvalue weighted by atomic mass is 10.3. The van der Waals surface area contributed by atoms with Crippen LogP contribution < -0.4 is 4.74 Å². The Labute approximate surface area is 126 Å². The second kappa shape index (κ2) is 6.11. The van der Waals surface area contributed by atoms with Gasteiger partial charge in [0.05, 0.1) is 14.9 Å². The second-order valence-corrected chi connectivity index (χ2v) is 5.45. The molecule has 0 unspecified atom stereocenters. The van der Waals surface area contributed by atoms with E-state index >= 15 is 0 Å². The maximum atomic E-state index is 12.0. The Morgan fingerprint density at radius 2 is 1.55 bits per heavy atom. The van der Waals surface area contributed by atoms with Crippen LogP contribution in [0.1, 0.15) is 0 Å². The molecule has 2 aromatic rings. The predicted octanol–water partition coefficient (Wildman–Crippen LogP) is 5.44. The molecule has 0 saturated heterocycles. The van der Waals surface area contributed by atoms with Crippen molar-refractivity contribution in [3.63, 3.8) is 0 Å². The lowest BCUT2D eigenvalue weighted by molar-refractivity contribution is -0.274. The SMILES string of the molecule is FC(F)(F)Oc1ccc(Sc2c(Cl)cncc2Cl)cc1. The molecule has 8 heteroatoms. The highest BCUT2D eigenvalue weighted by Gasteiger charge is 2.30. The number of hydrogen-bond donors (Lipinski definition) is 0. The minimum atomic E-state index is -4.70. The zero-order chi connectivity index (χ0) is 14.8. The Balaban J connectivity index is 2.15. The Kier molecular flexibility index (Phi) is 4.67. The maximum Gasteiger partial charge on any atom is 0.573 e. The molecule has 0 amide bonds. The fourth-order valence-electron chi connectivity index (χ4n) is 1.32. The van der Waals surface area contributed by atoms with Gasteiger partial charge in [0.15, 0.2) is 0 Å². The second-order valence-electron chi connectivity index (χ2n) is 3.55. The minimum absolute atomic E-state index is 0.284. The average Bonchev–Trinajstić information content (AvgIpc) is 2.34. The first-order chi connectivity index (χ1) is 9.35. The van der Waals surface area contributed by atoms with E-state index in [1.165, 1.54) is 48.4 Å². The van der Waals surface area contributed by atoms with Crippen LogP contribution in [0.25, 0.3) is 0 Å². The number of aromatic nitrogens is 1. The summed E-state index contributed by atoms with van der Waals surface area (Å²) in [5, 5.41) is 0.747. The quantitative estimate of drug-likeness (QED) is 0.743. The number of benzene rings is 1. The molecule has 0 aliphatic heterocycles. The van der Waals surface area contributed by atoms with Crippen molar-refractivity contribution < 1.29 is 17.9 Å². The topological polar surface area (TPSA) is 22.1 Å². The van der Waals surface area contributed by atoms with Gasteiger partial charge in [-0.1, -0.05) is 35.0 Å². The van der Waals surface area contributed by atoms with Gasteiger partial charge in [-0.3, -0.25) is 4.98 Å². The minimum Gasteiger partial charge on any atom is -0.406 e. The van der Waals surface area contributed by atoms with E-state index in [4.69, 9.17) is 23.2 Å². The summed E-state index contributed by atoms with van der Waals surface area (Å²) in [6, 6.07) is 5.41. The van der Waals surface area contributed by atoms with Crippen molar-refractivity contribution >= 4 is 35.0 Å². The van der Waals surface area contributed by atoms with E-state index in [0.717, 1.165) is 0 Å². The molecule has 0 fully saturated rings. The Morgan fingerprint density at radius 3 is 2.05 bits per heavy atom. The highest BCUT2D eigenvalue weighted by atomic mass is 35.5. The summed E-state index contributed by atoms with van der Waals surface area (Å²) in [7, 11) is 0. The van der Waals surface area contributed by atoms with Crippen LogP contribution in [0, 0.1) is 0 Å². The fraction of sp³-hybridized carbons (Fsp3) is 0.0833. The van der Waals surface area contributed by atoms with Crippen molar-refractivity contribution in [2.75, 3.05) is 0 Å². The summed E-state index contributed by atoms with van der Waals surface area (Å²) in [4.78, 5) is 5.08. The number of rotatable bonds is 3. The fourth-order valence-corrected chi connectivity index (χ4v) is 2.73. The zero-order valence-corrected chi connectivity index (χ0v) is 11.9. The number of pyridine rings is 1. The molecule has 1 aromatic carbocycles. The average molecular weight is 340 g/mol. The Hall–Kier alpha value is -1.11. The van der Waals surface area contributed by atoms with Gasteiger partial charge >= 0.3 is 6.36 Å². The summed E-state index contributed by atoms with van der Waals surface area (Å²) in [5.74, 6) is -0.284. The van der Waals surface area contributed by atoms with E-state index in [0.29, 0.717) is 19.8 Å². The van der Waals surface area contributed by atoms with Gasteiger partial charge in [-0.25, -0.2) is 0 Å². The van der Waals surface area contributed by atoms with Crippen molar-refractivity contribution in [1.82, 2.24) is 4.98 Å². The molecule has 1 aromatic heterocycles. The summed E-state index contributed by atoms with van der Waals surface area (Å²) >= 11 is 13.1. The monoisotopic (exact) mass is 339 g/mol. The number of halogens is 5. The van der Waals surface area contributed by atoms with E-state index in [1.54, 1.807) is 0 Å². The van der Waals surface area contributed by atoms with Crippen LogP contribution in [-0.2, 0) is 0 Å². The molecule has 0 spiro atoms. The third-order valence-electron chi connectivity index (χ3n) is 2.09. The van der Waals surface area contributed by atoms with Crippen LogP contribution >= 0.6 is 35.0 Å². The first-order valence-corrected chi connectivity index (χ1v) is 6.75. The molecule has 20 heavy (non-hydrogen) atoms. The molecule has 0 N–H and O–H groups in total. The predicted molar refractivity (Wildman–Crippen MR) is 71.5 cm³/mol. The third kappa shape index (κ3) is 4.19. The number of ether oxygens (including phenoxy) is 1. The van der Waals surface area contributed by atoms with Crippen molar-refractivity contribution in [3.8, 4) is 5.75 Å². The Bertz CT molecular complexity index is 584. The molecule has 0 bridgehead atoms. The van der Waals surface area contributed by atoms with E-state index < -0.39 is 6.36 Å². The summed E-state index contributed by atoms with van der Waals surface area (Å²) in [6.07, 6.45) is -1.82. The van der Waals surface area contributed by atoms with Crippen LogP contribution in [0.4, 0.5) is 13.2 Å². The normalized spacial score (nSPS) is 11.4. The van der Waals surface area contributed by atoms with Crippen LogP contribution in [0.15, 0.2) is 46.5 Å². The molecular formula is C12H6Cl2F3NOS. The standard InChI is InChI=1S/C12H6Cl2F3NOS/c13-9-5-18-6-10(14)11(9)20-8-3-1-7(2-4-8)19-12(15,16)17/h1-6H. The first-order valence-electron chi connectivity index (χ1n) is 5.18. The molecule has 106 valence electrons. The van der Waals surface area contributed by atoms with Crippen molar-refractivity contribution in [3.05, 3.63) is 46.7 Å². The number of alkyl halides is 3. The van der Waals surface area contributed by atoms with E-state index in [1.807, 2.05) is 0 Å². The van der Waals surface area contributed by atoms with Gasteiger partial charge in [0, 0.05) is 17.3 Å². The Morgan fingerprint density at radius 1 is 1.00 bits per heavy atom. The molecule has 0 aliphatic carbocycles. The van der Waals surface area contributed by atoms with Gasteiger partial charge in [0.25, 0.3) is 0 Å². The van der Waals surface area contributed by atoms with Crippen LogP contribution in [-0.4, -0.2) is 11.3 Å². The highest BCUT2D eigenvalue weighted by Crippen LogP contribution is 2.38. The molecule has 0 radical (unpaired) electrons. The molecule has 2 rings (SSSR count). The van der Waals surface area contributed by atoms with Gasteiger partial charge in [-0.2, -0.15) is 0 Å². The van der Waals surface area contributed by atoms with Gasteiger partial charge in [0.2, 0.25) is 0 Å². The number of nitrogens with zero attached hydrogens (tertiary/aromatic N) is 1. The van der Waals surface area contributed by atoms with Crippen LogP contribution in [0.3, 0.4) is 0 Å². The number of hydrogen-bond acceptors (Lipinski definition) is 3. The van der Waals surface area contributed by atoms with Crippen molar-refractivity contribution in [2.24, 2.45) is 0 Å². The molecular weight excluding hydrogens is 334 g/mol.